The molecule has 0 aliphatic carbocycles. The molecule has 0 saturated carbocycles. The average Bonchev–Trinajstić information content (AvgIpc) is 2.00. The molecule has 1 fully saturated rings. The number of rotatable bonds is 3. The molecule has 13 heavy (non-hydrogen) atoms. The summed E-state index contributed by atoms with van der Waals surface area (Å²) in [6.07, 6.45) is 0.475. The molecule has 1 atom stereocenters. The topological polar surface area (TPSA) is 69.6 Å². The van der Waals surface area contributed by atoms with E-state index in [9.17, 15) is 8.42 Å². The quantitative estimate of drug-likeness (QED) is 0.592. The second-order valence-corrected chi connectivity index (χ2v) is 5.06. The van der Waals surface area contributed by atoms with Gasteiger partial charge in [0.15, 0.2) is 0 Å². The van der Waals surface area contributed by atoms with Crippen LogP contribution in [0.3, 0.4) is 0 Å². The SMILES string of the molecule is CN1CCNC(CCS(=O)(=O)O)C1. The highest BCUT2D eigenvalue weighted by atomic mass is 32.2. The number of hydrogen-bond donors (Lipinski definition) is 2. The molecule has 1 aliphatic heterocycles. The molecule has 5 nitrogen and oxygen atoms in total. The second-order valence-electron chi connectivity index (χ2n) is 3.49. The van der Waals surface area contributed by atoms with Crippen LogP contribution in [-0.2, 0) is 10.1 Å². The molecule has 0 radical (unpaired) electrons. The lowest BCUT2D eigenvalue weighted by atomic mass is 10.2. The normalized spacial score (nSPS) is 26.2. The van der Waals surface area contributed by atoms with Crippen LogP contribution < -0.4 is 5.32 Å². The monoisotopic (exact) mass is 208 g/mol. The molecule has 6 heteroatoms. The lowest BCUT2D eigenvalue weighted by molar-refractivity contribution is 0.235. The maximum atomic E-state index is 10.5. The highest BCUT2D eigenvalue weighted by Crippen LogP contribution is 2.01. The third-order valence-electron chi connectivity index (χ3n) is 2.18. The summed E-state index contributed by atoms with van der Waals surface area (Å²) in [6.45, 7) is 2.71. The Balaban J connectivity index is 2.29. The van der Waals surface area contributed by atoms with E-state index >= 15 is 0 Å². The van der Waals surface area contributed by atoms with Crippen LogP contribution in [0.15, 0.2) is 0 Å². The van der Waals surface area contributed by atoms with Crippen molar-refractivity contribution >= 4 is 10.1 Å². The van der Waals surface area contributed by atoms with E-state index in [0.29, 0.717) is 6.42 Å². The van der Waals surface area contributed by atoms with Crippen molar-refractivity contribution in [3.8, 4) is 0 Å². The summed E-state index contributed by atoms with van der Waals surface area (Å²) < 4.78 is 29.5. The van der Waals surface area contributed by atoms with Gasteiger partial charge in [0, 0.05) is 25.7 Å². The summed E-state index contributed by atoms with van der Waals surface area (Å²) in [5.41, 5.74) is 0. The van der Waals surface area contributed by atoms with Crippen LogP contribution in [0.4, 0.5) is 0 Å². The van der Waals surface area contributed by atoms with Crippen molar-refractivity contribution in [1.82, 2.24) is 10.2 Å². The van der Waals surface area contributed by atoms with Crippen molar-refractivity contribution in [2.75, 3.05) is 32.4 Å². The van der Waals surface area contributed by atoms with Crippen molar-refractivity contribution in [1.29, 1.82) is 0 Å². The fourth-order valence-electron chi connectivity index (χ4n) is 1.48. The molecule has 0 aromatic heterocycles. The van der Waals surface area contributed by atoms with Crippen molar-refractivity contribution in [3.63, 3.8) is 0 Å². The zero-order chi connectivity index (χ0) is 9.90. The van der Waals surface area contributed by atoms with E-state index in [0.717, 1.165) is 19.6 Å². The Hall–Kier alpha value is -0.170. The fraction of sp³-hybridized carbons (Fsp3) is 1.00. The van der Waals surface area contributed by atoms with Crippen LogP contribution in [0.25, 0.3) is 0 Å². The van der Waals surface area contributed by atoms with Gasteiger partial charge in [-0.25, -0.2) is 0 Å². The highest BCUT2D eigenvalue weighted by Gasteiger charge is 2.18. The van der Waals surface area contributed by atoms with Gasteiger partial charge < -0.3 is 10.2 Å². The van der Waals surface area contributed by atoms with Gasteiger partial charge in [0.2, 0.25) is 0 Å². The number of nitrogens with one attached hydrogen (secondary N) is 1. The molecule has 1 saturated heterocycles. The number of piperazine rings is 1. The maximum Gasteiger partial charge on any atom is 0.264 e. The van der Waals surface area contributed by atoms with Crippen LogP contribution in [0.1, 0.15) is 6.42 Å². The van der Waals surface area contributed by atoms with Crippen LogP contribution in [0.5, 0.6) is 0 Å². The second kappa shape index (κ2) is 4.36. The third kappa shape index (κ3) is 4.56. The minimum atomic E-state index is -3.80. The van der Waals surface area contributed by atoms with E-state index in [1.54, 1.807) is 0 Å². The van der Waals surface area contributed by atoms with Gasteiger partial charge in [-0.3, -0.25) is 4.55 Å². The van der Waals surface area contributed by atoms with Gasteiger partial charge in [-0.2, -0.15) is 8.42 Å². The standard InChI is InChI=1S/C7H16N2O3S/c1-9-4-3-8-7(6-9)2-5-13(10,11)12/h7-8H,2-6H2,1H3,(H,10,11,12). The van der Waals surface area contributed by atoms with Gasteiger partial charge in [0.05, 0.1) is 5.75 Å². The molecule has 0 aromatic rings. The predicted octanol–water partition coefficient (Wildman–Crippen LogP) is -0.832. The minimum Gasteiger partial charge on any atom is -0.311 e. The highest BCUT2D eigenvalue weighted by molar-refractivity contribution is 7.85. The number of hydrogen-bond acceptors (Lipinski definition) is 4. The first-order valence-electron chi connectivity index (χ1n) is 4.34. The van der Waals surface area contributed by atoms with Crippen LogP contribution >= 0.6 is 0 Å². The van der Waals surface area contributed by atoms with Crippen LogP contribution in [-0.4, -0.2) is 56.3 Å². The van der Waals surface area contributed by atoms with Crippen molar-refractivity contribution in [2.24, 2.45) is 0 Å². The minimum absolute atomic E-state index is 0.154. The maximum absolute atomic E-state index is 10.5. The van der Waals surface area contributed by atoms with Gasteiger partial charge in [-0.1, -0.05) is 0 Å². The molecule has 0 aromatic carbocycles. The van der Waals surface area contributed by atoms with E-state index in [1.807, 2.05) is 7.05 Å². The Labute approximate surface area is 78.9 Å². The summed E-state index contributed by atoms with van der Waals surface area (Å²) >= 11 is 0. The van der Waals surface area contributed by atoms with Gasteiger partial charge in [-0.15, -0.1) is 0 Å². The lowest BCUT2D eigenvalue weighted by Gasteiger charge is -2.30. The molecule has 1 unspecified atom stereocenters. The molecule has 1 rings (SSSR count). The van der Waals surface area contributed by atoms with Gasteiger partial charge >= 0.3 is 0 Å². The summed E-state index contributed by atoms with van der Waals surface area (Å²) in [7, 11) is -1.80. The van der Waals surface area contributed by atoms with E-state index in [1.165, 1.54) is 0 Å². The summed E-state index contributed by atoms with van der Waals surface area (Å²) in [5, 5.41) is 3.20. The Morgan fingerprint density at radius 2 is 2.31 bits per heavy atom. The first-order chi connectivity index (χ1) is 5.97. The van der Waals surface area contributed by atoms with Crippen molar-refractivity contribution in [2.45, 2.75) is 12.5 Å². The van der Waals surface area contributed by atoms with E-state index < -0.39 is 10.1 Å². The van der Waals surface area contributed by atoms with Crippen molar-refractivity contribution in [3.05, 3.63) is 0 Å². The third-order valence-corrected chi connectivity index (χ3v) is 2.93. The Kier molecular flexibility index (Phi) is 3.66. The van der Waals surface area contributed by atoms with Crippen LogP contribution in [0.2, 0.25) is 0 Å². The summed E-state index contributed by atoms with van der Waals surface area (Å²) in [5.74, 6) is -0.154. The molecule has 0 spiro atoms. The molecule has 0 amide bonds. The predicted molar refractivity (Wildman–Crippen MR) is 50.3 cm³/mol. The average molecular weight is 208 g/mol. The van der Waals surface area contributed by atoms with Gasteiger partial charge in [0.25, 0.3) is 10.1 Å². The lowest BCUT2D eigenvalue weighted by Crippen LogP contribution is -2.49. The number of likely N-dealkylation sites (N-methyl/N-ethyl adjacent to an activating group) is 1. The van der Waals surface area contributed by atoms with Gasteiger partial charge in [-0.05, 0) is 13.5 Å². The number of nitrogens with zero attached hydrogens (tertiary/aromatic N) is 1. The molecule has 2 N–H and O–H groups in total. The Morgan fingerprint density at radius 3 is 2.85 bits per heavy atom. The molecule has 78 valence electrons. The van der Waals surface area contributed by atoms with E-state index in [4.69, 9.17) is 4.55 Å². The molecular weight excluding hydrogens is 192 g/mol. The van der Waals surface area contributed by atoms with Crippen molar-refractivity contribution < 1.29 is 13.0 Å². The molecular formula is C7H16N2O3S. The Bertz CT molecular complexity index is 252. The molecule has 0 bridgehead atoms. The van der Waals surface area contributed by atoms with E-state index in [2.05, 4.69) is 10.2 Å². The first kappa shape index (κ1) is 10.9. The van der Waals surface area contributed by atoms with Gasteiger partial charge in [0.1, 0.15) is 0 Å². The summed E-state index contributed by atoms with van der Waals surface area (Å²) in [4.78, 5) is 2.14. The zero-order valence-electron chi connectivity index (χ0n) is 7.73. The smallest absolute Gasteiger partial charge is 0.264 e. The summed E-state index contributed by atoms with van der Waals surface area (Å²) in [6, 6.07) is 0.181. The molecule has 1 aliphatic rings. The van der Waals surface area contributed by atoms with Crippen LogP contribution in [0, 0.1) is 0 Å². The first-order valence-corrected chi connectivity index (χ1v) is 5.95. The largest absolute Gasteiger partial charge is 0.311 e. The zero-order valence-corrected chi connectivity index (χ0v) is 8.55. The molecule has 1 heterocycles. The Morgan fingerprint density at radius 1 is 1.62 bits per heavy atom. The van der Waals surface area contributed by atoms with E-state index in [-0.39, 0.29) is 11.8 Å². The fourth-order valence-corrected chi connectivity index (χ4v) is 2.06.